The Morgan fingerprint density at radius 3 is 2.86 bits per heavy atom. The van der Waals surface area contributed by atoms with Crippen molar-refractivity contribution in [2.45, 2.75) is 50.7 Å². The lowest BCUT2D eigenvalue weighted by atomic mass is 9.99. The summed E-state index contributed by atoms with van der Waals surface area (Å²) in [6, 6.07) is 7.19. The number of aliphatic hydroxyl groups excluding tert-OH is 1. The van der Waals surface area contributed by atoms with Crippen LogP contribution in [0.15, 0.2) is 42.1 Å². The van der Waals surface area contributed by atoms with E-state index in [9.17, 15) is 14.7 Å². The first-order valence-corrected chi connectivity index (χ1v) is 10.1. The minimum absolute atomic E-state index is 0.0330. The highest BCUT2D eigenvalue weighted by Crippen LogP contribution is 2.27. The number of allylic oxidation sites excluding steroid dienone is 1. The first kappa shape index (κ1) is 18.7. The molecule has 2 aliphatic rings. The average molecular weight is 381 g/mol. The summed E-state index contributed by atoms with van der Waals surface area (Å²) in [6.45, 7) is 0.595. The van der Waals surface area contributed by atoms with Gasteiger partial charge in [0.25, 0.3) is 5.91 Å². The molecule has 0 radical (unpaired) electrons. The maximum Gasteiger partial charge on any atom is 0.253 e. The van der Waals surface area contributed by atoms with Crippen molar-refractivity contribution in [1.29, 1.82) is 0 Å². The number of para-hydroxylation sites is 1. The maximum absolute atomic E-state index is 12.7. The summed E-state index contributed by atoms with van der Waals surface area (Å²) in [5.41, 5.74) is 2.75. The molecule has 4 rings (SSSR count). The van der Waals surface area contributed by atoms with Crippen molar-refractivity contribution in [3.8, 4) is 0 Å². The van der Waals surface area contributed by atoms with Gasteiger partial charge in [-0.15, -0.1) is 0 Å². The van der Waals surface area contributed by atoms with Gasteiger partial charge in [0.05, 0.1) is 17.7 Å². The molecule has 0 unspecified atom stereocenters. The number of fused-ring (bicyclic) bond motifs is 1. The van der Waals surface area contributed by atoms with E-state index in [0.717, 1.165) is 23.7 Å². The molecule has 28 heavy (non-hydrogen) atoms. The number of benzene rings is 1. The van der Waals surface area contributed by atoms with E-state index in [-0.39, 0.29) is 17.7 Å². The van der Waals surface area contributed by atoms with Crippen LogP contribution in [0.2, 0.25) is 0 Å². The normalized spacial score (nSPS) is 24.8. The fourth-order valence-electron chi connectivity index (χ4n) is 4.30. The van der Waals surface area contributed by atoms with E-state index < -0.39 is 12.1 Å². The summed E-state index contributed by atoms with van der Waals surface area (Å²) in [6.07, 6.45) is 8.59. The number of aliphatic hydroxyl groups is 1. The van der Waals surface area contributed by atoms with Crippen molar-refractivity contribution < 1.29 is 14.7 Å². The van der Waals surface area contributed by atoms with E-state index in [1.54, 1.807) is 6.20 Å². The van der Waals surface area contributed by atoms with Crippen LogP contribution in [-0.4, -0.2) is 40.6 Å². The van der Waals surface area contributed by atoms with Crippen molar-refractivity contribution in [2.24, 2.45) is 5.92 Å². The van der Waals surface area contributed by atoms with Crippen LogP contribution >= 0.6 is 0 Å². The first-order valence-electron chi connectivity index (χ1n) is 10.1. The van der Waals surface area contributed by atoms with E-state index in [1.807, 2.05) is 24.3 Å². The molecule has 2 aliphatic carbocycles. The molecule has 6 nitrogen and oxygen atoms in total. The average Bonchev–Trinajstić information content (AvgIpc) is 3.31. The highest BCUT2D eigenvalue weighted by molar-refractivity contribution is 6.06. The van der Waals surface area contributed by atoms with Crippen molar-refractivity contribution in [3.05, 3.63) is 47.7 Å². The number of amides is 2. The zero-order valence-electron chi connectivity index (χ0n) is 15.9. The molecule has 1 aromatic carbocycles. The summed E-state index contributed by atoms with van der Waals surface area (Å²) in [5.74, 6) is -0.531. The highest BCUT2D eigenvalue weighted by atomic mass is 16.3. The standard InChI is InChI=1S/C22H27N3O3/c26-20-11-15(21(27)24-12-14-6-2-1-3-7-14)10-19(20)25-22(28)17-13-23-18-9-5-4-8-16(17)18/h4-6,8-9,13,15,19-20,23,26H,1-3,7,10-12H2,(H,24,27)(H,25,28)/t15-,19-,20-/m0/s1. The van der Waals surface area contributed by atoms with E-state index in [2.05, 4.69) is 21.7 Å². The molecular formula is C22H27N3O3. The summed E-state index contributed by atoms with van der Waals surface area (Å²) < 4.78 is 0. The maximum atomic E-state index is 12.7. The third kappa shape index (κ3) is 3.97. The number of nitrogens with one attached hydrogen (secondary N) is 3. The number of H-pyrrole nitrogens is 1. The van der Waals surface area contributed by atoms with E-state index in [1.165, 1.54) is 18.4 Å². The van der Waals surface area contributed by atoms with Crippen LogP contribution in [-0.2, 0) is 4.79 Å². The van der Waals surface area contributed by atoms with Gasteiger partial charge in [-0.3, -0.25) is 9.59 Å². The molecule has 4 N–H and O–H groups in total. The van der Waals surface area contributed by atoms with Crippen molar-refractivity contribution in [1.82, 2.24) is 15.6 Å². The van der Waals surface area contributed by atoms with Gasteiger partial charge >= 0.3 is 0 Å². The van der Waals surface area contributed by atoms with Crippen LogP contribution in [0.3, 0.4) is 0 Å². The van der Waals surface area contributed by atoms with Gasteiger partial charge in [0.2, 0.25) is 5.91 Å². The Balaban J connectivity index is 1.34. The molecule has 148 valence electrons. The SMILES string of the molecule is O=C(N[C@H]1C[C@H](C(=O)NCC2=CCCCC2)C[C@@H]1O)c1c[nH]c2ccccc12. The summed E-state index contributed by atoms with van der Waals surface area (Å²) >= 11 is 0. The molecule has 2 aromatic rings. The van der Waals surface area contributed by atoms with Crippen LogP contribution in [0, 0.1) is 5.92 Å². The molecule has 1 heterocycles. The topological polar surface area (TPSA) is 94.2 Å². The molecule has 1 saturated carbocycles. The van der Waals surface area contributed by atoms with Gasteiger partial charge in [0.15, 0.2) is 0 Å². The molecule has 0 aliphatic heterocycles. The Kier molecular flexibility index (Phi) is 5.48. The number of rotatable bonds is 5. The Morgan fingerprint density at radius 2 is 2.04 bits per heavy atom. The zero-order chi connectivity index (χ0) is 19.5. The number of hydrogen-bond acceptors (Lipinski definition) is 3. The Morgan fingerprint density at radius 1 is 1.18 bits per heavy atom. The minimum Gasteiger partial charge on any atom is -0.391 e. The minimum atomic E-state index is -0.709. The number of aromatic nitrogens is 1. The van der Waals surface area contributed by atoms with Crippen LogP contribution in [0.1, 0.15) is 48.9 Å². The van der Waals surface area contributed by atoms with Crippen LogP contribution < -0.4 is 10.6 Å². The summed E-state index contributed by atoms with van der Waals surface area (Å²) in [5, 5.41) is 17.1. The van der Waals surface area contributed by atoms with Gasteiger partial charge in [-0.1, -0.05) is 29.8 Å². The smallest absolute Gasteiger partial charge is 0.253 e. The molecule has 1 fully saturated rings. The first-order chi connectivity index (χ1) is 13.6. The summed E-state index contributed by atoms with van der Waals surface area (Å²) in [7, 11) is 0. The third-order valence-electron chi connectivity index (χ3n) is 5.92. The molecule has 1 aromatic heterocycles. The van der Waals surface area contributed by atoms with Gasteiger partial charge < -0.3 is 20.7 Å². The fourth-order valence-corrected chi connectivity index (χ4v) is 4.30. The predicted molar refractivity (Wildman–Crippen MR) is 108 cm³/mol. The van der Waals surface area contributed by atoms with Crippen LogP contribution in [0.5, 0.6) is 0 Å². The lowest BCUT2D eigenvalue weighted by Gasteiger charge is -2.16. The van der Waals surface area contributed by atoms with Gasteiger partial charge in [-0.2, -0.15) is 0 Å². The molecule has 2 amide bonds. The number of aromatic amines is 1. The third-order valence-corrected chi connectivity index (χ3v) is 5.92. The van der Waals surface area contributed by atoms with Crippen molar-refractivity contribution >= 4 is 22.7 Å². The largest absolute Gasteiger partial charge is 0.391 e. The summed E-state index contributed by atoms with van der Waals surface area (Å²) in [4.78, 5) is 28.3. The molecule has 6 heteroatoms. The van der Waals surface area contributed by atoms with E-state index >= 15 is 0 Å². The van der Waals surface area contributed by atoms with Crippen LogP contribution in [0.25, 0.3) is 10.9 Å². The fraction of sp³-hybridized carbons (Fsp3) is 0.455. The second-order valence-electron chi connectivity index (χ2n) is 7.89. The molecule has 0 saturated heterocycles. The predicted octanol–water partition coefficient (Wildman–Crippen LogP) is 2.65. The monoisotopic (exact) mass is 381 g/mol. The van der Waals surface area contributed by atoms with Crippen molar-refractivity contribution in [2.75, 3.05) is 6.54 Å². The van der Waals surface area contributed by atoms with E-state index in [4.69, 9.17) is 0 Å². The molecule has 3 atom stereocenters. The van der Waals surface area contributed by atoms with Gasteiger partial charge in [0.1, 0.15) is 0 Å². The number of carbonyl (C=O) groups excluding carboxylic acids is 2. The lowest BCUT2D eigenvalue weighted by Crippen LogP contribution is -2.40. The Labute approximate surface area is 164 Å². The Hall–Kier alpha value is -2.60. The van der Waals surface area contributed by atoms with Crippen LogP contribution in [0.4, 0.5) is 0 Å². The number of carbonyl (C=O) groups is 2. The molecule has 0 bridgehead atoms. The second kappa shape index (κ2) is 8.19. The van der Waals surface area contributed by atoms with Gasteiger partial charge in [-0.05, 0) is 44.6 Å². The van der Waals surface area contributed by atoms with E-state index in [0.29, 0.717) is 24.9 Å². The number of hydrogen-bond donors (Lipinski definition) is 4. The van der Waals surface area contributed by atoms with Gasteiger partial charge in [-0.25, -0.2) is 0 Å². The lowest BCUT2D eigenvalue weighted by molar-refractivity contribution is -0.124. The molecular weight excluding hydrogens is 354 g/mol. The van der Waals surface area contributed by atoms with Crippen molar-refractivity contribution in [3.63, 3.8) is 0 Å². The second-order valence-corrected chi connectivity index (χ2v) is 7.89. The zero-order valence-corrected chi connectivity index (χ0v) is 15.9. The highest BCUT2D eigenvalue weighted by Gasteiger charge is 2.38. The Bertz CT molecular complexity index is 901. The van der Waals surface area contributed by atoms with Gasteiger partial charge in [0, 0.05) is 29.6 Å². The quantitative estimate of drug-likeness (QED) is 0.600. The molecule has 0 spiro atoms.